The number of nitriles is 1. The first kappa shape index (κ1) is 13.0. The Bertz CT molecular complexity index is 438. The van der Waals surface area contributed by atoms with Crippen LogP contribution in [0.3, 0.4) is 0 Å². The Hall–Kier alpha value is -2.06. The summed E-state index contributed by atoms with van der Waals surface area (Å²) in [5.74, 6) is 0.252. The number of benzene rings is 1. The van der Waals surface area contributed by atoms with Crippen LogP contribution in [-0.2, 0) is 9.53 Å². The molecule has 0 bridgehead atoms. The largest absolute Gasteiger partial charge is 0.495 e. The summed E-state index contributed by atoms with van der Waals surface area (Å²) >= 11 is 0. The molecular formula is C12H14N2O3. The Morgan fingerprint density at radius 3 is 2.82 bits per heavy atom. The van der Waals surface area contributed by atoms with Gasteiger partial charge >= 0.3 is 0 Å². The number of rotatable bonds is 5. The molecule has 0 atom stereocenters. The van der Waals surface area contributed by atoms with E-state index in [2.05, 4.69) is 5.32 Å². The lowest BCUT2D eigenvalue weighted by atomic mass is 10.1. The van der Waals surface area contributed by atoms with Crippen molar-refractivity contribution in [1.29, 1.82) is 5.26 Å². The first-order valence-electron chi connectivity index (χ1n) is 5.08. The molecule has 1 aromatic carbocycles. The maximum atomic E-state index is 11.6. The molecule has 0 aromatic heterocycles. The normalized spacial score (nSPS) is 9.47. The van der Waals surface area contributed by atoms with Crippen LogP contribution in [0, 0.1) is 11.3 Å². The van der Waals surface area contributed by atoms with Crippen LogP contribution in [0.25, 0.3) is 0 Å². The molecule has 1 N–H and O–H groups in total. The second kappa shape index (κ2) is 6.51. The predicted octanol–water partition coefficient (Wildman–Crippen LogP) is 1.54. The lowest BCUT2D eigenvalue weighted by Gasteiger charge is -2.11. The molecule has 1 amide bonds. The summed E-state index contributed by atoms with van der Waals surface area (Å²) in [5.41, 5.74) is 0.772. The number of hydrogen-bond acceptors (Lipinski definition) is 4. The fourth-order valence-corrected chi connectivity index (χ4v) is 1.32. The molecule has 5 nitrogen and oxygen atoms in total. The van der Waals surface area contributed by atoms with Gasteiger partial charge in [-0.1, -0.05) is 6.07 Å². The molecule has 5 heteroatoms. The van der Waals surface area contributed by atoms with E-state index in [1.54, 1.807) is 18.2 Å². The highest BCUT2D eigenvalue weighted by Gasteiger charge is 2.11. The molecule has 0 spiro atoms. The first-order chi connectivity index (χ1) is 8.22. The number of methoxy groups -OCH3 is 2. The van der Waals surface area contributed by atoms with Gasteiger partial charge in [-0.3, -0.25) is 4.79 Å². The van der Waals surface area contributed by atoms with Gasteiger partial charge in [0.15, 0.2) is 0 Å². The molecule has 1 aromatic rings. The van der Waals surface area contributed by atoms with Crippen LogP contribution >= 0.6 is 0 Å². The van der Waals surface area contributed by atoms with Gasteiger partial charge in [0, 0.05) is 7.11 Å². The summed E-state index contributed by atoms with van der Waals surface area (Å²) in [6.07, 6.45) is 0.236. The maximum Gasteiger partial charge on any atom is 0.226 e. The Balaban J connectivity index is 2.88. The van der Waals surface area contributed by atoms with Crippen molar-refractivity contribution in [1.82, 2.24) is 0 Å². The molecule has 0 aliphatic rings. The van der Waals surface area contributed by atoms with Gasteiger partial charge in [-0.15, -0.1) is 0 Å². The van der Waals surface area contributed by atoms with Gasteiger partial charge in [0.25, 0.3) is 0 Å². The number of para-hydroxylation sites is 1. The Morgan fingerprint density at radius 1 is 1.47 bits per heavy atom. The average molecular weight is 234 g/mol. The lowest BCUT2D eigenvalue weighted by Crippen LogP contribution is -2.15. The van der Waals surface area contributed by atoms with Crippen molar-refractivity contribution in [2.24, 2.45) is 0 Å². The van der Waals surface area contributed by atoms with E-state index in [1.807, 2.05) is 6.07 Å². The first-order valence-corrected chi connectivity index (χ1v) is 5.08. The van der Waals surface area contributed by atoms with E-state index in [0.717, 1.165) is 0 Å². The fraction of sp³-hybridized carbons (Fsp3) is 0.333. The number of carbonyl (C=O) groups is 1. The van der Waals surface area contributed by atoms with E-state index >= 15 is 0 Å². The quantitative estimate of drug-likeness (QED) is 0.838. The van der Waals surface area contributed by atoms with Gasteiger partial charge in [-0.05, 0) is 12.1 Å². The third-order valence-corrected chi connectivity index (χ3v) is 2.16. The van der Waals surface area contributed by atoms with Crippen molar-refractivity contribution in [3.05, 3.63) is 23.8 Å². The van der Waals surface area contributed by atoms with Gasteiger partial charge in [-0.2, -0.15) is 5.26 Å². The highest BCUT2D eigenvalue weighted by atomic mass is 16.5. The summed E-state index contributed by atoms with van der Waals surface area (Å²) in [6, 6.07) is 7.01. The van der Waals surface area contributed by atoms with E-state index in [9.17, 15) is 4.79 Å². The highest BCUT2D eigenvalue weighted by Crippen LogP contribution is 2.27. The molecule has 0 saturated carbocycles. The Morgan fingerprint density at radius 2 is 2.24 bits per heavy atom. The molecule has 1 rings (SSSR count). The maximum absolute atomic E-state index is 11.6. The lowest BCUT2D eigenvalue weighted by molar-refractivity contribution is -0.117. The summed E-state index contributed by atoms with van der Waals surface area (Å²) in [6.45, 7) is 0.336. The van der Waals surface area contributed by atoms with Crippen LogP contribution < -0.4 is 10.1 Å². The van der Waals surface area contributed by atoms with E-state index < -0.39 is 0 Å². The van der Waals surface area contributed by atoms with Crippen molar-refractivity contribution in [3.8, 4) is 11.8 Å². The van der Waals surface area contributed by atoms with Crippen LogP contribution in [0.5, 0.6) is 5.75 Å². The van der Waals surface area contributed by atoms with E-state index in [0.29, 0.717) is 23.6 Å². The van der Waals surface area contributed by atoms with Gasteiger partial charge in [-0.25, -0.2) is 0 Å². The third kappa shape index (κ3) is 3.47. The van der Waals surface area contributed by atoms with Crippen molar-refractivity contribution in [2.45, 2.75) is 6.42 Å². The summed E-state index contributed by atoms with van der Waals surface area (Å²) in [4.78, 5) is 11.6. The fourth-order valence-electron chi connectivity index (χ4n) is 1.32. The van der Waals surface area contributed by atoms with Crippen LogP contribution in [-0.4, -0.2) is 26.7 Å². The Kier molecular flexibility index (Phi) is 4.98. The van der Waals surface area contributed by atoms with Crippen molar-refractivity contribution in [2.75, 3.05) is 26.1 Å². The highest BCUT2D eigenvalue weighted by molar-refractivity contribution is 5.94. The zero-order valence-corrected chi connectivity index (χ0v) is 9.82. The van der Waals surface area contributed by atoms with Gasteiger partial charge in [0.2, 0.25) is 5.91 Å². The number of carbonyl (C=O) groups excluding carboxylic acids is 1. The van der Waals surface area contributed by atoms with E-state index in [4.69, 9.17) is 14.7 Å². The van der Waals surface area contributed by atoms with Crippen molar-refractivity contribution in [3.63, 3.8) is 0 Å². The van der Waals surface area contributed by atoms with Crippen LogP contribution in [0.4, 0.5) is 5.69 Å². The van der Waals surface area contributed by atoms with Crippen LogP contribution in [0.15, 0.2) is 18.2 Å². The summed E-state index contributed by atoms with van der Waals surface area (Å²) in [5, 5.41) is 11.6. The van der Waals surface area contributed by atoms with E-state index in [1.165, 1.54) is 14.2 Å². The number of ether oxygens (including phenoxy) is 2. The minimum Gasteiger partial charge on any atom is -0.495 e. The summed E-state index contributed by atoms with van der Waals surface area (Å²) < 4.78 is 9.90. The van der Waals surface area contributed by atoms with Crippen LogP contribution in [0.1, 0.15) is 12.0 Å². The standard InChI is InChI=1S/C12H14N2O3/c1-16-7-6-11(15)14-12-9(8-13)4-3-5-10(12)17-2/h3-5H,6-7H2,1-2H3,(H,14,15). The molecule has 17 heavy (non-hydrogen) atoms. The number of nitrogens with one attached hydrogen (secondary N) is 1. The van der Waals surface area contributed by atoms with Gasteiger partial charge < -0.3 is 14.8 Å². The number of nitrogens with zero attached hydrogens (tertiary/aromatic N) is 1. The second-order valence-electron chi connectivity index (χ2n) is 3.29. The predicted molar refractivity (Wildman–Crippen MR) is 62.8 cm³/mol. The van der Waals surface area contributed by atoms with Crippen molar-refractivity contribution >= 4 is 11.6 Å². The number of hydrogen-bond donors (Lipinski definition) is 1. The zero-order chi connectivity index (χ0) is 12.7. The monoisotopic (exact) mass is 234 g/mol. The molecule has 0 unspecified atom stereocenters. The molecule has 0 fully saturated rings. The molecule has 0 aliphatic carbocycles. The molecule has 0 saturated heterocycles. The average Bonchev–Trinajstić information content (AvgIpc) is 2.36. The number of anilines is 1. The van der Waals surface area contributed by atoms with Crippen LogP contribution in [0.2, 0.25) is 0 Å². The molecule has 0 heterocycles. The van der Waals surface area contributed by atoms with Gasteiger partial charge in [0.05, 0.1) is 25.7 Å². The smallest absolute Gasteiger partial charge is 0.226 e. The SMILES string of the molecule is COCCC(=O)Nc1c(C#N)cccc1OC. The molecule has 90 valence electrons. The molecular weight excluding hydrogens is 220 g/mol. The second-order valence-corrected chi connectivity index (χ2v) is 3.29. The van der Waals surface area contributed by atoms with Crippen molar-refractivity contribution < 1.29 is 14.3 Å². The minimum atomic E-state index is -0.215. The van der Waals surface area contributed by atoms with E-state index in [-0.39, 0.29) is 12.3 Å². The zero-order valence-electron chi connectivity index (χ0n) is 9.82. The van der Waals surface area contributed by atoms with Gasteiger partial charge in [0.1, 0.15) is 17.5 Å². The third-order valence-electron chi connectivity index (χ3n) is 2.16. The number of amides is 1. The molecule has 0 aliphatic heterocycles. The summed E-state index contributed by atoms with van der Waals surface area (Å²) in [7, 11) is 3.01. The molecule has 0 radical (unpaired) electrons. The minimum absolute atomic E-state index is 0.215. The Labute approximate surface area is 100.0 Å². The topological polar surface area (TPSA) is 71.3 Å².